The number of carbonyl (C=O) groups excluding carboxylic acids is 1. The van der Waals surface area contributed by atoms with Gasteiger partial charge in [0.2, 0.25) is 0 Å². The molecular formula is C18H13Cl2FN2O2. The lowest BCUT2D eigenvalue weighted by Crippen LogP contribution is -2.16. The third-order valence-electron chi connectivity index (χ3n) is 3.53. The molecule has 0 amide bonds. The van der Waals surface area contributed by atoms with Crippen molar-refractivity contribution < 1.29 is 13.9 Å². The lowest BCUT2D eigenvalue weighted by molar-refractivity contribution is 0.0255. The highest BCUT2D eigenvalue weighted by atomic mass is 35.5. The first-order valence-electron chi connectivity index (χ1n) is 7.39. The zero-order valence-electron chi connectivity index (χ0n) is 12.9. The lowest BCUT2D eigenvalue weighted by Gasteiger charge is -2.19. The van der Waals surface area contributed by atoms with Gasteiger partial charge >= 0.3 is 5.97 Å². The summed E-state index contributed by atoms with van der Waals surface area (Å²) in [7, 11) is 0. The molecule has 25 heavy (non-hydrogen) atoms. The van der Waals surface area contributed by atoms with Gasteiger partial charge in [-0.25, -0.2) is 14.2 Å². The molecule has 1 atom stereocenters. The van der Waals surface area contributed by atoms with Crippen molar-refractivity contribution in [3.8, 4) is 0 Å². The van der Waals surface area contributed by atoms with Gasteiger partial charge in [-0.05, 0) is 35.9 Å². The molecule has 0 aliphatic heterocycles. The van der Waals surface area contributed by atoms with Crippen LogP contribution in [0, 0.1) is 5.82 Å². The summed E-state index contributed by atoms with van der Waals surface area (Å²) in [5.74, 6) is -0.933. The third kappa shape index (κ3) is 4.59. The molecule has 2 aromatic carbocycles. The van der Waals surface area contributed by atoms with E-state index in [1.807, 2.05) is 0 Å². The van der Waals surface area contributed by atoms with Crippen LogP contribution in [-0.2, 0) is 11.3 Å². The quantitative estimate of drug-likeness (QED) is 0.591. The van der Waals surface area contributed by atoms with E-state index in [0.717, 1.165) is 0 Å². The average Bonchev–Trinajstić information content (AvgIpc) is 3.07. The van der Waals surface area contributed by atoms with Gasteiger partial charge in [0.15, 0.2) is 0 Å². The fraction of sp³-hybridized carbons (Fsp3) is 0.111. The normalized spacial score (nSPS) is 12.0. The van der Waals surface area contributed by atoms with Gasteiger partial charge < -0.3 is 9.30 Å². The van der Waals surface area contributed by atoms with Crippen molar-refractivity contribution in [1.29, 1.82) is 0 Å². The number of rotatable bonds is 5. The van der Waals surface area contributed by atoms with Crippen LogP contribution in [0.4, 0.5) is 4.39 Å². The number of nitrogens with zero attached hydrogens (tertiary/aromatic N) is 2. The molecule has 1 heterocycles. The summed E-state index contributed by atoms with van der Waals surface area (Å²) >= 11 is 11.9. The summed E-state index contributed by atoms with van der Waals surface area (Å²) in [5, 5.41) is 0.680. The Morgan fingerprint density at radius 3 is 2.44 bits per heavy atom. The van der Waals surface area contributed by atoms with Crippen LogP contribution in [0.1, 0.15) is 22.0 Å². The summed E-state index contributed by atoms with van der Waals surface area (Å²) in [6, 6.07) is 10.3. The van der Waals surface area contributed by atoms with Gasteiger partial charge in [0.05, 0.1) is 18.4 Å². The first-order valence-corrected chi connectivity index (χ1v) is 8.15. The lowest BCUT2D eigenvalue weighted by atomic mass is 10.1. The number of imidazole rings is 1. The highest BCUT2D eigenvalue weighted by Crippen LogP contribution is 2.24. The molecular weight excluding hydrogens is 366 g/mol. The predicted molar refractivity (Wildman–Crippen MR) is 93.2 cm³/mol. The molecule has 0 saturated carbocycles. The predicted octanol–water partition coefficient (Wildman–Crippen LogP) is 4.93. The van der Waals surface area contributed by atoms with Gasteiger partial charge in [-0.3, -0.25) is 0 Å². The number of halogens is 3. The Kier molecular flexibility index (Phi) is 5.36. The van der Waals surface area contributed by atoms with E-state index in [9.17, 15) is 9.18 Å². The minimum atomic E-state index is -0.625. The van der Waals surface area contributed by atoms with Crippen LogP contribution in [0.3, 0.4) is 0 Å². The van der Waals surface area contributed by atoms with E-state index >= 15 is 0 Å². The highest BCUT2D eigenvalue weighted by Gasteiger charge is 2.19. The second kappa shape index (κ2) is 7.68. The van der Waals surface area contributed by atoms with Crippen molar-refractivity contribution in [1.82, 2.24) is 9.55 Å². The van der Waals surface area contributed by atoms with E-state index in [1.54, 1.807) is 35.4 Å². The third-order valence-corrected chi connectivity index (χ3v) is 3.96. The molecule has 0 N–H and O–H groups in total. The Labute approximate surface area is 153 Å². The van der Waals surface area contributed by atoms with Crippen molar-refractivity contribution in [2.45, 2.75) is 12.6 Å². The number of benzene rings is 2. The maximum atomic E-state index is 13.2. The van der Waals surface area contributed by atoms with Crippen LogP contribution in [-0.4, -0.2) is 15.5 Å². The summed E-state index contributed by atoms with van der Waals surface area (Å²) in [6.45, 7) is 0.339. The van der Waals surface area contributed by atoms with Gasteiger partial charge in [-0.2, -0.15) is 0 Å². The molecule has 0 saturated heterocycles. The monoisotopic (exact) mass is 378 g/mol. The van der Waals surface area contributed by atoms with Crippen LogP contribution in [0.5, 0.6) is 0 Å². The zero-order valence-corrected chi connectivity index (χ0v) is 14.4. The molecule has 3 rings (SSSR count). The van der Waals surface area contributed by atoms with Crippen LogP contribution in [0.15, 0.2) is 61.2 Å². The SMILES string of the molecule is O=C(O[C@H](Cn1ccnc1)c1ccc(F)cc1)c1cc(Cl)cc(Cl)c1. The fourth-order valence-corrected chi connectivity index (χ4v) is 2.87. The van der Waals surface area contributed by atoms with Crippen LogP contribution < -0.4 is 0 Å². The molecule has 0 radical (unpaired) electrons. The van der Waals surface area contributed by atoms with Gasteiger partial charge in [-0.1, -0.05) is 35.3 Å². The second-order valence-corrected chi connectivity index (χ2v) is 6.24. The molecule has 0 fully saturated rings. The van der Waals surface area contributed by atoms with Gasteiger partial charge in [-0.15, -0.1) is 0 Å². The summed E-state index contributed by atoms with van der Waals surface area (Å²) in [5.41, 5.74) is 0.909. The fourth-order valence-electron chi connectivity index (χ4n) is 2.34. The standard InChI is InChI=1S/C18H13Cl2FN2O2/c19-14-7-13(8-15(20)9-14)18(24)25-17(10-23-6-5-22-11-23)12-1-3-16(21)4-2-12/h1-9,11,17H,10H2/t17-/m1/s1. The maximum absolute atomic E-state index is 13.2. The van der Waals surface area contributed by atoms with E-state index in [2.05, 4.69) is 4.98 Å². The van der Waals surface area contributed by atoms with E-state index in [-0.39, 0.29) is 11.4 Å². The van der Waals surface area contributed by atoms with Crippen LogP contribution in [0.2, 0.25) is 10.0 Å². The van der Waals surface area contributed by atoms with Gasteiger partial charge in [0.25, 0.3) is 0 Å². The van der Waals surface area contributed by atoms with Crippen molar-refractivity contribution in [2.24, 2.45) is 0 Å². The van der Waals surface area contributed by atoms with Gasteiger partial charge in [0.1, 0.15) is 11.9 Å². The minimum Gasteiger partial charge on any atom is -0.452 e. The molecule has 0 aliphatic carbocycles. The Hall–Kier alpha value is -2.37. The minimum absolute atomic E-state index is 0.246. The first kappa shape index (κ1) is 17.5. The Morgan fingerprint density at radius 2 is 1.84 bits per heavy atom. The van der Waals surface area contributed by atoms with Crippen molar-refractivity contribution in [3.05, 3.63) is 88.2 Å². The van der Waals surface area contributed by atoms with Crippen molar-refractivity contribution in [2.75, 3.05) is 0 Å². The van der Waals surface area contributed by atoms with Crippen LogP contribution >= 0.6 is 23.2 Å². The summed E-state index contributed by atoms with van der Waals surface area (Å²) < 4.78 is 20.6. The topological polar surface area (TPSA) is 44.1 Å². The number of aromatic nitrogens is 2. The number of hydrogen-bond acceptors (Lipinski definition) is 3. The Morgan fingerprint density at radius 1 is 1.16 bits per heavy atom. The zero-order chi connectivity index (χ0) is 17.8. The van der Waals surface area contributed by atoms with E-state index in [0.29, 0.717) is 22.2 Å². The first-order chi connectivity index (χ1) is 12.0. The molecule has 0 spiro atoms. The summed E-state index contributed by atoms with van der Waals surface area (Å²) in [4.78, 5) is 16.5. The van der Waals surface area contributed by atoms with Crippen molar-refractivity contribution >= 4 is 29.2 Å². The molecule has 7 heteroatoms. The second-order valence-electron chi connectivity index (χ2n) is 5.36. The number of esters is 1. The van der Waals surface area contributed by atoms with E-state index in [4.69, 9.17) is 27.9 Å². The molecule has 0 aliphatic rings. The average molecular weight is 379 g/mol. The van der Waals surface area contributed by atoms with Crippen molar-refractivity contribution in [3.63, 3.8) is 0 Å². The highest BCUT2D eigenvalue weighted by molar-refractivity contribution is 6.35. The van der Waals surface area contributed by atoms with E-state index in [1.165, 1.54) is 30.3 Å². The Balaban J connectivity index is 1.85. The largest absolute Gasteiger partial charge is 0.452 e. The Bertz CT molecular complexity index is 847. The van der Waals surface area contributed by atoms with Crippen LogP contribution in [0.25, 0.3) is 0 Å². The molecule has 0 bridgehead atoms. The molecule has 3 aromatic rings. The number of ether oxygens (including phenoxy) is 1. The smallest absolute Gasteiger partial charge is 0.338 e. The van der Waals surface area contributed by atoms with Gasteiger partial charge in [0, 0.05) is 22.4 Å². The molecule has 1 aromatic heterocycles. The molecule has 0 unspecified atom stereocenters. The van der Waals surface area contributed by atoms with E-state index < -0.39 is 12.1 Å². The summed E-state index contributed by atoms with van der Waals surface area (Å²) in [6.07, 6.45) is 4.36. The molecule has 4 nitrogen and oxygen atoms in total. The maximum Gasteiger partial charge on any atom is 0.338 e. The number of carbonyl (C=O) groups is 1. The number of hydrogen-bond donors (Lipinski definition) is 0. The molecule has 128 valence electrons.